The summed E-state index contributed by atoms with van der Waals surface area (Å²) in [7, 11) is 0. The van der Waals surface area contributed by atoms with Crippen LogP contribution < -0.4 is 5.32 Å². The Morgan fingerprint density at radius 3 is 2.54 bits per heavy atom. The van der Waals surface area contributed by atoms with Gasteiger partial charge in [-0.3, -0.25) is 4.79 Å². The number of carbonyl (C=O) groups excluding carboxylic acids is 1. The topological polar surface area (TPSA) is 97.5 Å². The highest BCUT2D eigenvalue weighted by Crippen LogP contribution is 2.32. The molecule has 0 radical (unpaired) electrons. The molecule has 0 unspecified atom stereocenters. The van der Waals surface area contributed by atoms with Crippen molar-refractivity contribution in [3.05, 3.63) is 58.9 Å². The lowest BCUT2D eigenvalue weighted by Gasteiger charge is -2.38. The smallest absolute Gasteiger partial charge is 0.266 e. The van der Waals surface area contributed by atoms with E-state index in [4.69, 9.17) is 4.74 Å². The zero-order valence-electron chi connectivity index (χ0n) is 20.7. The van der Waals surface area contributed by atoms with Crippen LogP contribution in [-0.4, -0.2) is 60.7 Å². The summed E-state index contributed by atoms with van der Waals surface area (Å²) in [5.74, 6) is -0.502. The molecule has 1 aromatic carbocycles. The Labute approximate surface area is 210 Å². The Morgan fingerprint density at radius 1 is 1.14 bits per heavy atom. The minimum absolute atomic E-state index is 0.0660. The van der Waals surface area contributed by atoms with Gasteiger partial charge in [0, 0.05) is 5.56 Å². The maximum absolute atomic E-state index is 14.8. The lowest BCUT2D eigenvalue weighted by atomic mass is 10.0. The number of nitrogens with one attached hydrogen (secondary N) is 1. The molecule has 1 amide bonds. The molecule has 1 aliphatic heterocycles. The number of rotatable bonds is 5. The first-order chi connectivity index (χ1) is 17.7. The minimum Gasteiger partial charge on any atom is -0.377 e. The number of pyridine rings is 1. The molecule has 1 fully saturated rings. The quantitative estimate of drug-likeness (QED) is 0.420. The lowest BCUT2D eigenvalue weighted by Crippen LogP contribution is -2.52. The van der Waals surface area contributed by atoms with Crippen LogP contribution in [0.1, 0.15) is 60.5 Å². The second kappa shape index (κ2) is 9.58. The predicted octanol–water partition coefficient (Wildman–Crippen LogP) is 4.48. The van der Waals surface area contributed by atoms with Crippen LogP contribution in [0, 0.1) is 12.7 Å². The number of amides is 1. The molecule has 1 saturated heterocycles. The largest absolute Gasteiger partial charge is 0.377 e. The average molecular weight is 514 g/mol. The molecule has 194 valence electrons. The van der Waals surface area contributed by atoms with Crippen molar-refractivity contribution in [3.63, 3.8) is 0 Å². The third kappa shape index (κ3) is 4.35. The normalized spacial score (nSPS) is 19.1. The van der Waals surface area contributed by atoms with Crippen LogP contribution in [0.25, 0.3) is 16.7 Å². The molecule has 0 spiro atoms. The summed E-state index contributed by atoms with van der Waals surface area (Å²) in [6.45, 7) is 8.00. The number of aromatic nitrogens is 5. The fourth-order valence-corrected chi connectivity index (χ4v) is 4.82. The standard InChI is InChI=1S/C25H26F3N7O2/c1-12-9-37-10-13(2)34(12)25(36)19-8-18-22(32-15(4)33-24(18)35-23(19)29-11-30-35)31-14(3)16-6-5-7-17(20(16)26)21(27)28/h5-8,11-14,21H,9-10H2,1-4H3,(H,31,32,33)/t12-,13-,14+/m0/s1. The maximum atomic E-state index is 14.8. The lowest BCUT2D eigenvalue weighted by molar-refractivity contribution is -0.0248. The van der Waals surface area contributed by atoms with Gasteiger partial charge >= 0.3 is 0 Å². The van der Waals surface area contributed by atoms with Crippen molar-refractivity contribution >= 4 is 28.4 Å². The molecule has 1 N–H and O–H groups in total. The molecule has 0 saturated carbocycles. The predicted molar refractivity (Wildman–Crippen MR) is 130 cm³/mol. The number of aryl methyl sites for hydroxylation is 1. The molecule has 0 aliphatic carbocycles. The van der Waals surface area contributed by atoms with Crippen molar-refractivity contribution in [2.75, 3.05) is 18.5 Å². The number of anilines is 1. The van der Waals surface area contributed by atoms with Gasteiger partial charge in [0.2, 0.25) is 0 Å². The van der Waals surface area contributed by atoms with Crippen LogP contribution in [0.2, 0.25) is 0 Å². The van der Waals surface area contributed by atoms with Gasteiger partial charge in [-0.05, 0) is 33.8 Å². The minimum atomic E-state index is -2.94. The van der Waals surface area contributed by atoms with Crippen molar-refractivity contribution in [2.45, 2.75) is 52.2 Å². The number of ether oxygens (including phenoxy) is 1. The molecule has 0 bridgehead atoms. The van der Waals surface area contributed by atoms with Crippen LogP contribution in [0.4, 0.5) is 19.0 Å². The van der Waals surface area contributed by atoms with Gasteiger partial charge in [0.1, 0.15) is 23.8 Å². The summed E-state index contributed by atoms with van der Waals surface area (Å²) in [5.41, 5.74) is 0.448. The maximum Gasteiger partial charge on any atom is 0.266 e. The third-order valence-electron chi connectivity index (χ3n) is 6.56. The molecule has 37 heavy (non-hydrogen) atoms. The first-order valence-corrected chi connectivity index (χ1v) is 11.9. The van der Waals surface area contributed by atoms with Crippen molar-refractivity contribution in [1.82, 2.24) is 29.5 Å². The van der Waals surface area contributed by atoms with E-state index < -0.39 is 23.8 Å². The van der Waals surface area contributed by atoms with Crippen LogP contribution in [0.15, 0.2) is 30.6 Å². The van der Waals surface area contributed by atoms with E-state index in [0.29, 0.717) is 47.1 Å². The molecule has 1 aliphatic rings. The zero-order valence-corrected chi connectivity index (χ0v) is 20.7. The van der Waals surface area contributed by atoms with Gasteiger partial charge in [-0.2, -0.15) is 9.61 Å². The van der Waals surface area contributed by atoms with E-state index in [1.165, 1.54) is 23.0 Å². The highest BCUT2D eigenvalue weighted by Gasteiger charge is 2.32. The molecule has 3 atom stereocenters. The molecule has 3 aromatic heterocycles. The van der Waals surface area contributed by atoms with Gasteiger partial charge in [-0.1, -0.05) is 18.2 Å². The van der Waals surface area contributed by atoms with Crippen LogP contribution in [0.3, 0.4) is 0 Å². The van der Waals surface area contributed by atoms with Crippen molar-refractivity contribution in [3.8, 4) is 0 Å². The number of hydrogen-bond acceptors (Lipinski definition) is 7. The Morgan fingerprint density at radius 2 is 1.84 bits per heavy atom. The zero-order chi connectivity index (χ0) is 26.4. The average Bonchev–Trinajstić information content (AvgIpc) is 3.33. The molecule has 4 heterocycles. The number of morpholine rings is 1. The van der Waals surface area contributed by atoms with Crippen molar-refractivity contribution in [1.29, 1.82) is 0 Å². The van der Waals surface area contributed by atoms with E-state index in [1.807, 2.05) is 13.8 Å². The molecular weight excluding hydrogens is 487 g/mol. The van der Waals surface area contributed by atoms with E-state index >= 15 is 0 Å². The number of alkyl halides is 2. The Bertz CT molecular complexity index is 1480. The molecule has 12 heteroatoms. The van der Waals surface area contributed by atoms with Crippen molar-refractivity contribution < 1.29 is 22.7 Å². The molecule has 9 nitrogen and oxygen atoms in total. The first kappa shape index (κ1) is 24.9. The monoisotopic (exact) mass is 513 g/mol. The summed E-state index contributed by atoms with van der Waals surface area (Å²) >= 11 is 0. The molecule has 5 rings (SSSR count). The van der Waals surface area contributed by atoms with E-state index in [2.05, 4.69) is 25.4 Å². The van der Waals surface area contributed by atoms with E-state index in [0.717, 1.165) is 6.07 Å². The van der Waals surface area contributed by atoms with Crippen LogP contribution in [-0.2, 0) is 4.74 Å². The van der Waals surface area contributed by atoms with Gasteiger partial charge in [0.05, 0.1) is 47.9 Å². The van der Waals surface area contributed by atoms with Crippen LogP contribution >= 0.6 is 0 Å². The second-order valence-corrected chi connectivity index (χ2v) is 9.28. The number of carbonyl (C=O) groups is 1. The molecule has 4 aromatic rings. The summed E-state index contributed by atoms with van der Waals surface area (Å²) in [5, 5.41) is 7.87. The van der Waals surface area contributed by atoms with Crippen molar-refractivity contribution in [2.24, 2.45) is 0 Å². The van der Waals surface area contributed by atoms with Gasteiger partial charge in [0.15, 0.2) is 11.3 Å². The number of fused-ring (bicyclic) bond motifs is 3. The van der Waals surface area contributed by atoms with Gasteiger partial charge < -0.3 is 15.0 Å². The summed E-state index contributed by atoms with van der Waals surface area (Å²) in [6.07, 6.45) is -1.59. The van der Waals surface area contributed by atoms with E-state index in [-0.39, 0.29) is 23.6 Å². The van der Waals surface area contributed by atoms with Gasteiger partial charge in [-0.15, -0.1) is 0 Å². The van der Waals surface area contributed by atoms with Gasteiger partial charge in [-0.25, -0.2) is 28.1 Å². The summed E-state index contributed by atoms with van der Waals surface area (Å²) in [4.78, 5) is 28.8. The fourth-order valence-electron chi connectivity index (χ4n) is 4.82. The van der Waals surface area contributed by atoms with E-state index in [1.54, 1.807) is 24.8 Å². The summed E-state index contributed by atoms with van der Waals surface area (Å²) in [6, 6.07) is 4.53. The SMILES string of the molecule is Cc1nc(N[C@H](C)c2cccc(C(F)F)c2F)c2cc(C(=O)N3[C@@H](C)COC[C@@H]3C)c3ncnn3c2n1. The van der Waals surface area contributed by atoms with Gasteiger partial charge in [0.25, 0.3) is 12.3 Å². The Hall–Kier alpha value is -3.80. The second-order valence-electron chi connectivity index (χ2n) is 9.28. The first-order valence-electron chi connectivity index (χ1n) is 11.9. The Balaban J connectivity index is 1.63. The van der Waals surface area contributed by atoms with E-state index in [9.17, 15) is 18.0 Å². The molecular formula is C25H26F3N7O2. The summed E-state index contributed by atoms with van der Waals surface area (Å²) < 4.78 is 48.4. The number of benzene rings is 1. The fraction of sp³-hybridized carbons (Fsp3) is 0.400. The number of nitrogens with zero attached hydrogens (tertiary/aromatic N) is 6. The highest BCUT2D eigenvalue weighted by molar-refractivity contribution is 6.05. The Kier molecular flexibility index (Phi) is 6.44. The highest BCUT2D eigenvalue weighted by atomic mass is 19.3. The number of hydrogen-bond donors (Lipinski definition) is 1. The number of halogens is 3. The third-order valence-corrected chi connectivity index (χ3v) is 6.56. The van der Waals surface area contributed by atoms with Crippen LogP contribution in [0.5, 0.6) is 0 Å².